The Morgan fingerprint density at radius 3 is 2.85 bits per heavy atom. The molecule has 3 N–H and O–H groups in total. The van der Waals surface area contributed by atoms with E-state index in [1.165, 1.54) is 6.07 Å². The number of carbonyl (C=O) groups excluding carboxylic acids is 1. The highest BCUT2D eigenvalue weighted by Gasteiger charge is 2.27. The number of hydrogen-bond acceptors (Lipinski definition) is 3. The number of carbonyl (C=O) groups is 2. The van der Waals surface area contributed by atoms with Crippen LogP contribution in [-0.2, 0) is 4.79 Å². The maximum atomic E-state index is 12.2. The van der Waals surface area contributed by atoms with Crippen LogP contribution in [-0.4, -0.2) is 29.6 Å². The van der Waals surface area contributed by atoms with Crippen LogP contribution in [0.5, 0.6) is 0 Å². The van der Waals surface area contributed by atoms with E-state index in [0.717, 1.165) is 19.4 Å². The van der Waals surface area contributed by atoms with E-state index >= 15 is 0 Å². The Hall–Kier alpha value is -1.40. The average Bonchev–Trinajstić information content (AvgIpc) is 2.41. The molecule has 1 saturated heterocycles. The van der Waals surface area contributed by atoms with Gasteiger partial charge < -0.3 is 15.7 Å². The first kappa shape index (κ1) is 15.0. The first-order chi connectivity index (χ1) is 9.49. The van der Waals surface area contributed by atoms with Crippen molar-refractivity contribution in [2.75, 3.05) is 11.9 Å². The zero-order valence-corrected chi connectivity index (χ0v) is 12.7. The Morgan fingerprint density at radius 1 is 1.45 bits per heavy atom. The van der Waals surface area contributed by atoms with Crippen LogP contribution in [0.1, 0.15) is 30.1 Å². The molecule has 6 heteroatoms. The Labute approximate surface area is 125 Å². The Morgan fingerprint density at radius 2 is 2.20 bits per heavy atom. The van der Waals surface area contributed by atoms with Gasteiger partial charge in [0.1, 0.15) is 0 Å². The van der Waals surface area contributed by atoms with Crippen molar-refractivity contribution in [1.82, 2.24) is 5.32 Å². The van der Waals surface area contributed by atoms with Crippen molar-refractivity contribution in [3.05, 3.63) is 28.2 Å². The van der Waals surface area contributed by atoms with Gasteiger partial charge in [0.2, 0.25) is 5.91 Å². The molecule has 1 aliphatic heterocycles. The van der Waals surface area contributed by atoms with E-state index in [1.807, 2.05) is 6.92 Å². The highest BCUT2D eigenvalue weighted by Crippen LogP contribution is 2.22. The van der Waals surface area contributed by atoms with E-state index in [2.05, 4.69) is 26.6 Å². The van der Waals surface area contributed by atoms with Crippen LogP contribution in [0.25, 0.3) is 0 Å². The summed E-state index contributed by atoms with van der Waals surface area (Å²) >= 11 is 3.18. The second-order valence-electron chi connectivity index (χ2n) is 5.04. The molecule has 0 aliphatic carbocycles. The quantitative estimate of drug-likeness (QED) is 0.789. The van der Waals surface area contributed by atoms with Gasteiger partial charge in [-0.1, -0.05) is 6.92 Å². The Balaban J connectivity index is 2.11. The minimum atomic E-state index is -1.03. The molecular formula is C14H17BrN2O3. The predicted molar refractivity (Wildman–Crippen MR) is 79.9 cm³/mol. The lowest BCUT2D eigenvalue weighted by atomic mass is 9.92. The molecule has 2 unspecified atom stereocenters. The van der Waals surface area contributed by atoms with E-state index in [0.29, 0.717) is 10.2 Å². The van der Waals surface area contributed by atoms with Crippen molar-refractivity contribution in [1.29, 1.82) is 0 Å². The van der Waals surface area contributed by atoms with Crippen LogP contribution in [0.3, 0.4) is 0 Å². The molecule has 0 spiro atoms. The Kier molecular flexibility index (Phi) is 4.77. The summed E-state index contributed by atoms with van der Waals surface area (Å²) in [6, 6.07) is 4.54. The second kappa shape index (κ2) is 6.37. The van der Waals surface area contributed by atoms with Crippen LogP contribution in [0.15, 0.2) is 22.7 Å². The number of anilines is 1. The molecule has 20 heavy (non-hydrogen) atoms. The van der Waals surface area contributed by atoms with Gasteiger partial charge >= 0.3 is 5.97 Å². The minimum Gasteiger partial charge on any atom is -0.478 e. The third kappa shape index (κ3) is 3.37. The third-order valence-electron chi connectivity index (χ3n) is 3.52. The lowest BCUT2D eigenvalue weighted by Gasteiger charge is -2.28. The van der Waals surface area contributed by atoms with Crippen molar-refractivity contribution >= 4 is 33.5 Å². The van der Waals surface area contributed by atoms with E-state index in [1.54, 1.807) is 12.1 Å². The summed E-state index contributed by atoms with van der Waals surface area (Å²) in [5.74, 6) is -0.869. The zero-order valence-electron chi connectivity index (χ0n) is 11.1. The summed E-state index contributed by atoms with van der Waals surface area (Å²) in [4.78, 5) is 23.3. The molecule has 1 aromatic carbocycles. The van der Waals surface area contributed by atoms with Crippen LogP contribution >= 0.6 is 15.9 Å². The fourth-order valence-corrected chi connectivity index (χ4v) is 2.80. The van der Waals surface area contributed by atoms with Crippen molar-refractivity contribution < 1.29 is 14.7 Å². The van der Waals surface area contributed by atoms with Crippen molar-refractivity contribution in [2.45, 2.75) is 25.8 Å². The normalized spacial score (nSPS) is 22.3. The summed E-state index contributed by atoms with van der Waals surface area (Å²) in [5, 5.41) is 15.0. The highest BCUT2D eigenvalue weighted by molar-refractivity contribution is 9.10. The summed E-state index contributed by atoms with van der Waals surface area (Å²) < 4.78 is 0.493. The van der Waals surface area contributed by atoms with Gasteiger partial charge in [-0.25, -0.2) is 4.79 Å². The number of halogens is 1. The van der Waals surface area contributed by atoms with Gasteiger partial charge in [0.25, 0.3) is 0 Å². The number of nitrogens with one attached hydrogen (secondary N) is 2. The number of carboxylic acid groups (broad SMARTS) is 1. The van der Waals surface area contributed by atoms with Gasteiger partial charge in [0.05, 0.1) is 11.6 Å². The molecule has 1 aromatic rings. The van der Waals surface area contributed by atoms with Crippen LogP contribution in [0, 0.1) is 5.92 Å². The number of hydrogen-bond donors (Lipinski definition) is 3. The molecule has 0 saturated carbocycles. The summed E-state index contributed by atoms with van der Waals surface area (Å²) in [5.41, 5.74) is 0.627. The van der Waals surface area contributed by atoms with Gasteiger partial charge in [-0.05, 0) is 59.4 Å². The van der Waals surface area contributed by atoms with E-state index in [9.17, 15) is 9.59 Å². The van der Waals surface area contributed by atoms with Crippen LogP contribution < -0.4 is 10.6 Å². The molecule has 1 amide bonds. The smallest absolute Gasteiger partial charge is 0.336 e. The number of amides is 1. The second-order valence-corrected chi connectivity index (χ2v) is 5.89. The lowest BCUT2D eigenvalue weighted by molar-refractivity contribution is -0.119. The summed E-state index contributed by atoms with van der Waals surface area (Å²) in [6.45, 7) is 2.88. The molecule has 2 rings (SSSR count). The van der Waals surface area contributed by atoms with Crippen molar-refractivity contribution in [3.63, 3.8) is 0 Å². The monoisotopic (exact) mass is 340 g/mol. The third-order valence-corrected chi connectivity index (χ3v) is 4.21. The summed E-state index contributed by atoms with van der Waals surface area (Å²) in [7, 11) is 0. The molecular weight excluding hydrogens is 324 g/mol. The maximum Gasteiger partial charge on any atom is 0.336 e. The molecule has 5 nitrogen and oxygen atoms in total. The predicted octanol–water partition coefficient (Wildman–Crippen LogP) is 2.47. The minimum absolute atomic E-state index is 0.115. The van der Waals surface area contributed by atoms with Crippen molar-refractivity contribution in [3.8, 4) is 0 Å². The van der Waals surface area contributed by atoms with Gasteiger partial charge in [-0.2, -0.15) is 0 Å². The van der Waals surface area contributed by atoms with E-state index in [4.69, 9.17) is 5.11 Å². The first-order valence-electron chi connectivity index (χ1n) is 6.56. The molecule has 0 aromatic heterocycles. The van der Waals surface area contributed by atoms with Gasteiger partial charge in [0.15, 0.2) is 0 Å². The fraction of sp³-hybridized carbons (Fsp3) is 0.429. The number of carboxylic acids is 1. The molecule has 1 heterocycles. The molecule has 1 aliphatic rings. The van der Waals surface area contributed by atoms with E-state index in [-0.39, 0.29) is 23.4 Å². The maximum absolute atomic E-state index is 12.2. The molecule has 1 fully saturated rings. The van der Waals surface area contributed by atoms with E-state index < -0.39 is 5.97 Å². The standard InChI is InChI=1S/C14H17BrN2O3/c1-8-3-2-6-16-12(8)13(18)17-9-4-5-11(15)10(7-9)14(19)20/h4-5,7-8,12,16H,2-3,6H2,1H3,(H,17,18)(H,19,20). The topological polar surface area (TPSA) is 78.4 Å². The van der Waals surface area contributed by atoms with Gasteiger partial charge in [0, 0.05) is 10.2 Å². The highest BCUT2D eigenvalue weighted by atomic mass is 79.9. The number of piperidine rings is 1. The average molecular weight is 341 g/mol. The first-order valence-corrected chi connectivity index (χ1v) is 7.35. The van der Waals surface area contributed by atoms with Gasteiger partial charge in [-0.3, -0.25) is 4.79 Å². The van der Waals surface area contributed by atoms with Gasteiger partial charge in [-0.15, -0.1) is 0 Å². The molecule has 0 bridgehead atoms. The summed E-state index contributed by atoms with van der Waals surface area (Å²) in [6.07, 6.45) is 2.10. The Bertz CT molecular complexity index is 533. The SMILES string of the molecule is CC1CCCNC1C(=O)Nc1ccc(Br)c(C(=O)O)c1. The number of rotatable bonds is 3. The van der Waals surface area contributed by atoms with Crippen LogP contribution in [0.2, 0.25) is 0 Å². The van der Waals surface area contributed by atoms with Crippen molar-refractivity contribution in [2.24, 2.45) is 5.92 Å². The fourth-order valence-electron chi connectivity index (χ4n) is 2.39. The van der Waals surface area contributed by atoms with Crippen LogP contribution in [0.4, 0.5) is 5.69 Å². The number of benzene rings is 1. The zero-order chi connectivity index (χ0) is 14.7. The number of aromatic carboxylic acids is 1. The largest absolute Gasteiger partial charge is 0.478 e. The molecule has 108 valence electrons. The molecule has 2 atom stereocenters. The lowest BCUT2D eigenvalue weighted by Crippen LogP contribution is -2.48. The molecule has 0 radical (unpaired) electrons.